The molecule has 0 saturated carbocycles. The van der Waals surface area contributed by atoms with E-state index < -0.39 is 40.2 Å². The van der Waals surface area contributed by atoms with Crippen molar-refractivity contribution in [3.63, 3.8) is 0 Å². The van der Waals surface area contributed by atoms with Gasteiger partial charge in [0.25, 0.3) is 15.9 Å². The molecule has 0 heterocycles. The lowest BCUT2D eigenvalue weighted by molar-refractivity contribution is -0.137. The molecule has 2 rings (SSSR count). The van der Waals surface area contributed by atoms with Crippen LogP contribution in [0, 0.1) is 0 Å². The molecule has 0 aliphatic rings. The molecule has 0 aliphatic carbocycles. The van der Waals surface area contributed by atoms with Gasteiger partial charge in [0.05, 0.1) is 16.0 Å². The third-order valence-electron chi connectivity index (χ3n) is 3.17. The van der Waals surface area contributed by atoms with Gasteiger partial charge in [0.1, 0.15) is 0 Å². The zero-order valence-corrected chi connectivity index (χ0v) is 14.3. The fourth-order valence-corrected chi connectivity index (χ4v) is 3.08. The number of alkyl halides is 3. The molecule has 0 spiro atoms. The Bertz CT molecular complexity index is 974. The van der Waals surface area contributed by atoms with Gasteiger partial charge in [-0.15, -0.1) is 0 Å². The summed E-state index contributed by atoms with van der Waals surface area (Å²) in [4.78, 5) is 22.0. The molecule has 0 fully saturated rings. The number of carbonyl (C=O) groups is 2. The van der Waals surface area contributed by atoms with Crippen LogP contribution in [0.15, 0.2) is 53.4 Å². The van der Waals surface area contributed by atoms with Gasteiger partial charge in [-0.2, -0.15) is 13.2 Å². The number of rotatable bonds is 6. The molecule has 11 heteroatoms. The summed E-state index contributed by atoms with van der Waals surface area (Å²) < 4.78 is 69.6. The second-order valence-electron chi connectivity index (χ2n) is 5.25. The van der Waals surface area contributed by atoms with Crippen LogP contribution in [0.3, 0.4) is 0 Å². The third kappa shape index (κ3) is 5.45. The third-order valence-corrected chi connectivity index (χ3v) is 4.55. The largest absolute Gasteiger partial charge is 0.452 e. The number of carbonyl (C=O) groups excluding carboxylic acids is 2. The normalized spacial score (nSPS) is 11.7. The van der Waals surface area contributed by atoms with Crippen molar-refractivity contribution < 1.29 is 35.9 Å². The second kappa shape index (κ2) is 7.66. The minimum absolute atomic E-state index is 0.178. The summed E-state index contributed by atoms with van der Waals surface area (Å²) in [5.74, 6) is -1.87. The lowest BCUT2D eigenvalue weighted by Crippen LogP contribution is -2.21. The number of primary amides is 1. The summed E-state index contributed by atoms with van der Waals surface area (Å²) in [5.41, 5.74) is 3.35. The fraction of sp³-hybridized carbons (Fsp3) is 0.125. The SMILES string of the molecule is NC(=O)COC(=O)c1cccc(S(=O)(=O)Nc2cccc(C(F)(F)F)c2)c1. The van der Waals surface area contributed by atoms with Crippen LogP contribution in [0.4, 0.5) is 18.9 Å². The molecule has 0 atom stereocenters. The van der Waals surface area contributed by atoms with Crippen molar-refractivity contribution in [3.8, 4) is 0 Å². The van der Waals surface area contributed by atoms with Crippen LogP contribution in [-0.4, -0.2) is 26.9 Å². The molecule has 0 saturated heterocycles. The highest BCUT2D eigenvalue weighted by molar-refractivity contribution is 7.92. The Balaban J connectivity index is 2.26. The average molecular weight is 402 g/mol. The Hall–Kier alpha value is -3.08. The van der Waals surface area contributed by atoms with Crippen LogP contribution in [0.1, 0.15) is 15.9 Å². The summed E-state index contributed by atoms with van der Waals surface area (Å²) >= 11 is 0. The fourth-order valence-electron chi connectivity index (χ4n) is 1.98. The Morgan fingerprint density at radius 2 is 1.74 bits per heavy atom. The molecule has 2 aromatic rings. The van der Waals surface area contributed by atoms with E-state index in [-0.39, 0.29) is 16.1 Å². The van der Waals surface area contributed by atoms with Crippen molar-refractivity contribution in [1.29, 1.82) is 0 Å². The minimum atomic E-state index is -4.63. The maximum absolute atomic E-state index is 12.7. The Morgan fingerprint density at radius 3 is 2.37 bits per heavy atom. The average Bonchev–Trinajstić information content (AvgIpc) is 2.59. The van der Waals surface area contributed by atoms with Crippen LogP contribution in [0.5, 0.6) is 0 Å². The number of nitrogens with one attached hydrogen (secondary N) is 1. The molecule has 0 aliphatic heterocycles. The quantitative estimate of drug-likeness (QED) is 0.719. The van der Waals surface area contributed by atoms with Gasteiger partial charge in [0.15, 0.2) is 6.61 Å². The number of anilines is 1. The smallest absolute Gasteiger partial charge is 0.416 e. The molecule has 2 aromatic carbocycles. The summed E-state index contributed by atoms with van der Waals surface area (Å²) in [6.07, 6.45) is -4.63. The number of hydrogen-bond acceptors (Lipinski definition) is 5. The van der Waals surface area contributed by atoms with Crippen LogP contribution in [-0.2, 0) is 25.7 Å². The van der Waals surface area contributed by atoms with Crippen molar-refractivity contribution in [2.24, 2.45) is 5.73 Å². The van der Waals surface area contributed by atoms with E-state index in [1.54, 1.807) is 0 Å². The first kappa shape index (κ1) is 20.2. The number of halogens is 3. The maximum atomic E-state index is 12.7. The van der Waals surface area contributed by atoms with E-state index in [0.717, 1.165) is 30.3 Å². The molecule has 0 radical (unpaired) electrons. The lowest BCUT2D eigenvalue weighted by Gasteiger charge is -2.12. The number of sulfonamides is 1. The number of ether oxygens (including phenoxy) is 1. The van der Waals surface area contributed by atoms with Gasteiger partial charge < -0.3 is 10.5 Å². The van der Waals surface area contributed by atoms with E-state index in [9.17, 15) is 31.2 Å². The van der Waals surface area contributed by atoms with E-state index in [4.69, 9.17) is 5.73 Å². The molecule has 1 amide bonds. The maximum Gasteiger partial charge on any atom is 0.416 e. The number of benzene rings is 2. The van der Waals surface area contributed by atoms with E-state index in [2.05, 4.69) is 4.74 Å². The zero-order chi connectivity index (χ0) is 20.2. The predicted octanol–water partition coefficient (Wildman–Crippen LogP) is 2.15. The second-order valence-corrected chi connectivity index (χ2v) is 6.94. The molecule has 3 N–H and O–H groups in total. The Kier molecular flexibility index (Phi) is 5.74. The molecular weight excluding hydrogens is 389 g/mol. The first-order valence-electron chi connectivity index (χ1n) is 7.24. The number of hydrogen-bond donors (Lipinski definition) is 2. The molecular formula is C16H13F3N2O5S. The van der Waals surface area contributed by atoms with Gasteiger partial charge in [-0.25, -0.2) is 13.2 Å². The van der Waals surface area contributed by atoms with Crippen molar-refractivity contribution in [2.45, 2.75) is 11.1 Å². The first-order valence-corrected chi connectivity index (χ1v) is 8.73. The highest BCUT2D eigenvalue weighted by atomic mass is 32.2. The predicted molar refractivity (Wildman–Crippen MR) is 88.2 cm³/mol. The topological polar surface area (TPSA) is 116 Å². The van der Waals surface area contributed by atoms with Gasteiger partial charge >= 0.3 is 12.1 Å². The summed E-state index contributed by atoms with van der Waals surface area (Å²) in [7, 11) is -4.28. The number of nitrogens with two attached hydrogens (primary N) is 1. The standard InChI is InChI=1S/C16H13F3N2O5S/c17-16(18,19)11-4-2-5-12(8-11)21-27(24,25)13-6-1-3-10(7-13)15(23)26-9-14(20)22/h1-8,21H,9H2,(H2,20,22). The Morgan fingerprint density at radius 1 is 1.07 bits per heavy atom. The monoisotopic (exact) mass is 402 g/mol. The molecule has 7 nitrogen and oxygen atoms in total. The highest BCUT2D eigenvalue weighted by Gasteiger charge is 2.30. The van der Waals surface area contributed by atoms with Crippen LogP contribution in [0.2, 0.25) is 0 Å². The van der Waals surface area contributed by atoms with Crippen molar-refractivity contribution in [3.05, 3.63) is 59.7 Å². The van der Waals surface area contributed by atoms with E-state index in [0.29, 0.717) is 6.07 Å². The van der Waals surface area contributed by atoms with Gasteiger partial charge in [-0.3, -0.25) is 9.52 Å². The van der Waals surface area contributed by atoms with Gasteiger partial charge in [0.2, 0.25) is 0 Å². The van der Waals surface area contributed by atoms with Crippen molar-refractivity contribution >= 4 is 27.6 Å². The number of amides is 1. The molecule has 27 heavy (non-hydrogen) atoms. The molecule has 0 unspecified atom stereocenters. The van der Waals surface area contributed by atoms with Crippen LogP contribution < -0.4 is 10.5 Å². The summed E-state index contributed by atoms with van der Waals surface area (Å²) in [5, 5.41) is 0. The van der Waals surface area contributed by atoms with Gasteiger partial charge in [-0.1, -0.05) is 12.1 Å². The van der Waals surface area contributed by atoms with Crippen LogP contribution >= 0.6 is 0 Å². The first-order chi connectivity index (χ1) is 12.5. The van der Waals surface area contributed by atoms with E-state index in [1.807, 2.05) is 4.72 Å². The summed E-state index contributed by atoms with van der Waals surface area (Å²) in [6.45, 7) is -0.682. The minimum Gasteiger partial charge on any atom is -0.452 e. The Labute approximate surface area is 152 Å². The van der Waals surface area contributed by atoms with Crippen molar-refractivity contribution in [1.82, 2.24) is 0 Å². The molecule has 144 valence electrons. The van der Waals surface area contributed by atoms with Gasteiger partial charge in [0, 0.05) is 5.69 Å². The molecule has 0 aromatic heterocycles. The molecule has 0 bridgehead atoms. The zero-order valence-electron chi connectivity index (χ0n) is 13.5. The van der Waals surface area contributed by atoms with Crippen molar-refractivity contribution in [2.75, 3.05) is 11.3 Å². The van der Waals surface area contributed by atoms with Crippen LogP contribution in [0.25, 0.3) is 0 Å². The lowest BCUT2D eigenvalue weighted by atomic mass is 10.2. The van der Waals surface area contributed by atoms with E-state index in [1.165, 1.54) is 12.1 Å². The summed E-state index contributed by atoms with van der Waals surface area (Å²) in [6, 6.07) is 8.22. The van der Waals surface area contributed by atoms with Gasteiger partial charge in [-0.05, 0) is 36.4 Å². The van der Waals surface area contributed by atoms with E-state index >= 15 is 0 Å². The number of esters is 1. The highest BCUT2D eigenvalue weighted by Crippen LogP contribution is 2.31.